The third kappa shape index (κ3) is 3.34. The average molecular weight is 428 g/mol. The van der Waals surface area contributed by atoms with Gasteiger partial charge in [0.2, 0.25) is 0 Å². The van der Waals surface area contributed by atoms with Gasteiger partial charge in [0.25, 0.3) is 10.0 Å². The van der Waals surface area contributed by atoms with Gasteiger partial charge in [-0.15, -0.1) is 0 Å². The van der Waals surface area contributed by atoms with E-state index in [0.717, 1.165) is 3.57 Å². The van der Waals surface area contributed by atoms with Gasteiger partial charge in [-0.1, -0.05) is 41.4 Å². The van der Waals surface area contributed by atoms with E-state index in [1.807, 2.05) is 28.7 Å². The predicted octanol–water partition coefficient (Wildman–Crippen LogP) is 4.40. The number of para-hydroxylation sites is 1. The molecule has 0 heterocycles. The maximum absolute atomic E-state index is 12.3. The minimum absolute atomic E-state index is 0.0163. The van der Waals surface area contributed by atoms with Gasteiger partial charge in [0, 0.05) is 3.57 Å². The largest absolute Gasteiger partial charge is 0.279 e. The molecule has 0 aromatic heterocycles. The lowest BCUT2D eigenvalue weighted by molar-refractivity contribution is 0.601. The molecule has 0 bridgehead atoms. The number of hydrogen-bond donors (Lipinski definition) is 1. The van der Waals surface area contributed by atoms with Crippen molar-refractivity contribution in [2.24, 2.45) is 0 Å². The zero-order valence-corrected chi connectivity index (χ0v) is 13.9. The molecule has 0 amide bonds. The first-order chi connectivity index (χ1) is 8.92. The molecule has 0 spiro atoms. The van der Waals surface area contributed by atoms with Crippen LogP contribution in [-0.4, -0.2) is 8.42 Å². The van der Waals surface area contributed by atoms with Crippen LogP contribution in [0.3, 0.4) is 0 Å². The average Bonchev–Trinajstić information content (AvgIpc) is 2.35. The summed E-state index contributed by atoms with van der Waals surface area (Å²) >= 11 is 13.8. The topological polar surface area (TPSA) is 46.2 Å². The summed E-state index contributed by atoms with van der Waals surface area (Å²) in [5.41, 5.74) is 0.499. The van der Waals surface area contributed by atoms with Crippen LogP contribution in [-0.2, 0) is 10.0 Å². The highest BCUT2D eigenvalue weighted by molar-refractivity contribution is 14.1. The van der Waals surface area contributed by atoms with Crippen LogP contribution in [0.5, 0.6) is 0 Å². The molecular formula is C12H8Cl2INO2S. The lowest BCUT2D eigenvalue weighted by atomic mass is 10.3. The van der Waals surface area contributed by atoms with Crippen molar-refractivity contribution in [2.75, 3.05) is 4.72 Å². The minimum Gasteiger partial charge on any atom is -0.279 e. The van der Waals surface area contributed by atoms with Gasteiger partial charge in [-0.25, -0.2) is 8.42 Å². The molecule has 0 saturated carbocycles. The van der Waals surface area contributed by atoms with E-state index in [9.17, 15) is 8.42 Å². The van der Waals surface area contributed by atoms with E-state index in [4.69, 9.17) is 23.2 Å². The molecule has 100 valence electrons. The Morgan fingerprint density at radius 2 is 1.68 bits per heavy atom. The van der Waals surface area contributed by atoms with E-state index >= 15 is 0 Å². The first kappa shape index (κ1) is 14.9. The Hall–Kier alpha value is -0.500. The molecule has 1 N–H and O–H groups in total. The molecule has 0 saturated heterocycles. The molecule has 2 rings (SSSR count). The van der Waals surface area contributed by atoms with Crippen LogP contribution in [0.15, 0.2) is 47.4 Å². The van der Waals surface area contributed by atoms with Crippen molar-refractivity contribution in [3.8, 4) is 0 Å². The second-order valence-corrected chi connectivity index (χ2v) is 7.24. The monoisotopic (exact) mass is 427 g/mol. The summed E-state index contributed by atoms with van der Waals surface area (Å²) in [5, 5.41) is 0.218. The van der Waals surface area contributed by atoms with Crippen molar-refractivity contribution in [2.45, 2.75) is 4.90 Å². The highest BCUT2D eigenvalue weighted by Gasteiger charge is 2.20. The van der Waals surface area contributed by atoms with Gasteiger partial charge in [-0.05, 0) is 46.9 Å². The third-order valence-electron chi connectivity index (χ3n) is 2.32. The molecule has 0 radical (unpaired) electrons. The molecule has 2 aromatic carbocycles. The van der Waals surface area contributed by atoms with Crippen LogP contribution >= 0.6 is 45.8 Å². The van der Waals surface area contributed by atoms with Crippen molar-refractivity contribution in [1.29, 1.82) is 0 Å². The van der Waals surface area contributed by atoms with Crippen LogP contribution in [0.2, 0.25) is 10.0 Å². The van der Waals surface area contributed by atoms with Crippen LogP contribution in [0, 0.1) is 3.57 Å². The number of anilines is 1. The summed E-state index contributed by atoms with van der Waals surface area (Å²) in [5.74, 6) is 0. The summed E-state index contributed by atoms with van der Waals surface area (Å²) in [6.07, 6.45) is 0. The van der Waals surface area contributed by atoms with Crippen LogP contribution in [0.1, 0.15) is 0 Å². The number of nitrogens with one attached hydrogen (secondary N) is 1. The Bertz CT molecular complexity index is 719. The van der Waals surface area contributed by atoms with Gasteiger partial charge < -0.3 is 0 Å². The fourth-order valence-corrected chi connectivity index (χ4v) is 3.98. The zero-order valence-electron chi connectivity index (χ0n) is 9.40. The summed E-state index contributed by atoms with van der Waals surface area (Å²) < 4.78 is 27.8. The van der Waals surface area contributed by atoms with E-state index in [1.54, 1.807) is 24.3 Å². The molecule has 3 nitrogen and oxygen atoms in total. The van der Waals surface area contributed by atoms with Crippen molar-refractivity contribution < 1.29 is 8.42 Å². The quantitative estimate of drug-likeness (QED) is 0.738. The molecule has 0 aliphatic carbocycles. The Balaban J connectivity index is 2.44. The number of sulfonamides is 1. The van der Waals surface area contributed by atoms with Gasteiger partial charge in [0.15, 0.2) is 0 Å². The van der Waals surface area contributed by atoms with E-state index in [1.165, 1.54) is 12.1 Å². The van der Waals surface area contributed by atoms with Crippen LogP contribution in [0.25, 0.3) is 0 Å². The number of benzene rings is 2. The maximum atomic E-state index is 12.3. The Labute approximate surface area is 135 Å². The van der Waals surface area contributed by atoms with E-state index in [2.05, 4.69) is 4.72 Å². The number of halogens is 3. The summed E-state index contributed by atoms with van der Waals surface area (Å²) in [4.78, 5) is -0.0404. The molecular weight excluding hydrogens is 420 g/mol. The van der Waals surface area contributed by atoms with Crippen LogP contribution < -0.4 is 4.72 Å². The van der Waals surface area contributed by atoms with Crippen molar-refractivity contribution in [3.05, 3.63) is 56.1 Å². The molecule has 19 heavy (non-hydrogen) atoms. The molecule has 0 aliphatic rings. The first-order valence-electron chi connectivity index (χ1n) is 5.13. The molecule has 0 unspecified atom stereocenters. The fraction of sp³-hybridized carbons (Fsp3) is 0. The van der Waals surface area contributed by atoms with Gasteiger partial charge in [0.1, 0.15) is 4.90 Å². The van der Waals surface area contributed by atoms with Gasteiger partial charge in [0.05, 0.1) is 15.7 Å². The smallest absolute Gasteiger partial charge is 0.263 e. The minimum atomic E-state index is -3.76. The second-order valence-electron chi connectivity index (χ2n) is 3.64. The van der Waals surface area contributed by atoms with Crippen molar-refractivity contribution in [3.63, 3.8) is 0 Å². The Morgan fingerprint density at radius 3 is 2.37 bits per heavy atom. The second kappa shape index (κ2) is 5.87. The normalized spacial score (nSPS) is 11.3. The van der Waals surface area contributed by atoms with E-state index in [0.29, 0.717) is 5.69 Å². The summed E-state index contributed by atoms with van der Waals surface area (Å²) in [7, 11) is -3.76. The number of hydrogen-bond acceptors (Lipinski definition) is 2. The van der Waals surface area contributed by atoms with Crippen molar-refractivity contribution in [1.82, 2.24) is 0 Å². The standard InChI is InChI=1S/C12H8Cl2INO2S/c13-8-4-3-7-11(12(8)14)19(17,18)16-10-6-2-1-5-9(10)15/h1-7,16H. The van der Waals surface area contributed by atoms with E-state index in [-0.39, 0.29) is 14.9 Å². The first-order valence-corrected chi connectivity index (χ1v) is 8.45. The van der Waals surface area contributed by atoms with Gasteiger partial charge in [-0.3, -0.25) is 4.72 Å². The zero-order chi connectivity index (χ0) is 14.0. The number of rotatable bonds is 3. The molecule has 0 fully saturated rings. The highest BCUT2D eigenvalue weighted by Crippen LogP contribution is 2.30. The SMILES string of the molecule is O=S(=O)(Nc1ccccc1I)c1cccc(Cl)c1Cl. The Kier molecular flexibility index (Phi) is 4.60. The predicted molar refractivity (Wildman–Crippen MR) is 86.4 cm³/mol. The van der Waals surface area contributed by atoms with Crippen LogP contribution in [0.4, 0.5) is 5.69 Å². The third-order valence-corrected chi connectivity index (χ3v) is 5.60. The summed E-state index contributed by atoms with van der Waals surface area (Å²) in [6, 6.07) is 11.5. The highest BCUT2D eigenvalue weighted by atomic mass is 127. The lowest BCUT2D eigenvalue weighted by Crippen LogP contribution is -2.14. The maximum Gasteiger partial charge on any atom is 0.263 e. The molecule has 7 heteroatoms. The molecule has 0 atom stereocenters. The van der Waals surface area contributed by atoms with Gasteiger partial charge in [-0.2, -0.15) is 0 Å². The van der Waals surface area contributed by atoms with Crippen molar-refractivity contribution >= 4 is 61.5 Å². The molecule has 0 aliphatic heterocycles. The lowest BCUT2D eigenvalue weighted by Gasteiger charge is -2.11. The van der Waals surface area contributed by atoms with Gasteiger partial charge >= 0.3 is 0 Å². The molecule has 2 aromatic rings. The Morgan fingerprint density at radius 1 is 1.00 bits per heavy atom. The fourth-order valence-electron chi connectivity index (χ4n) is 1.44. The van der Waals surface area contributed by atoms with E-state index < -0.39 is 10.0 Å². The summed E-state index contributed by atoms with van der Waals surface area (Å²) in [6.45, 7) is 0.